The summed E-state index contributed by atoms with van der Waals surface area (Å²) in [5.41, 5.74) is 9.19. The molecule has 0 spiro atoms. The molecule has 0 aromatic carbocycles. The number of rotatable bonds is 0. The maximum atomic E-state index is 9.70. The molecule has 0 radical (unpaired) electrons. The van der Waals surface area contributed by atoms with Crippen molar-refractivity contribution in [2.24, 2.45) is 16.8 Å². The molecule has 10 heavy (non-hydrogen) atoms. The Hall–Kier alpha value is -1.86. The summed E-state index contributed by atoms with van der Waals surface area (Å²) in [6, 6.07) is -0.812. The van der Waals surface area contributed by atoms with Crippen LogP contribution in [0.25, 0.3) is 0 Å². The third-order valence-electron chi connectivity index (χ3n) is 0.258. The van der Waals surface area contributed by atoms with Gasteiger partial charge < -0.3 is 16.7 Å². The summed E-state index contributed by atoms with van der Waals surface area (Å²) in [5, 5.41) is 16.1. The van der Waals surface area contributed by atoms with E-state index in [-0.39, 0.29) is 0 Å². The largest absolute Gasteiger partial charge is 0.379 e. The van der Waals surface area contributed by atoms with Crippen LogP contribution in [-0.2, 0) is 0 Å². The molecule has 7 N–H and O–H groups in total. The van der Waals surface area contributed by atoms with Gasteiger partial charge in [0, 0.05) is 0 Å². The van der Waals surface area contributed by atoms with Gasteiger partial charge in [0.1, 0.15) is 0 Å². The Labute approximate surface area is 55.6 Å². The fourth-order valence-electron chi connectivity index (χ4n) is 0.133. The standard InChI is InChI=1S/C2H6N4O.HNO2/c3-1(4)6-2(5)7;2-1-3/h(H6,3,4,5,6,7);(H,2,3). The molecule has 0 aliphatic heterocycles. The molecule has 58 valence electrons. The van der Waals surface area contributed by atoms with Crippen LogP contribution in [0.1, 0.15) is 0 Å². The van der Waals surface area contributed by atoms with Crippen LogP contribution >= 0.6 is 0 Å². The molecular formula is C2H7N5O3. The number of amides is 2. The first-order valence-corrected chi connectivity index (χ1v) is 1.91. The van der Waals surface area contributed by atoms with E-state index in [1.165, 1.54) is 5.34 Å². The highest BCUT2D eigenvalue weighted by Gasteiger charge is 1.88. The van der Waals surface area contributed by atoms with Crippen LogP contribution in [-0.4, -0.2) is 17.2 Å². The molecule has 0 aromatic heterocycles. The summed E-state index contributed by atoms with van der Waals surface area (Å²) in [5.74, 6) is -0.437. The van der Waals surface area contributed by atoms with E-state index in [4.69, 9.17) is 15.5 Å². The van der Waals surface area contributed by atoms with Crippen LogP contribution in [0.15, 0.2) is 5.34 Å². The number of nitrogens with zero attached hydrogens (tertiary/aromatic N) is 1. The lowest BCUT2D eigenvalue weighted by Crippen LogP contribution is -2.39. The monoisotopic (exact) mass is 149 g/mol. The highest BCUT2D eigenvalue weighted by Crippen LogP contribution is 1.48. The molecule has 0 unspecified atom stereocenters. The summed E-state index contributed by atoms with van der Waals surface area (Å²) in [4.78, 5) is 17.8. The number of carbonyl (C=O) groups is 1. The highest BCUT2D eigenvalue weighted by molar-refractivity contribution is 5.92. The van der Waals surface area contributed by atoms with Gasteiger partial charge in [-0.25, -0.2) is 4.79 Å². The summed E-state index contributed by atoms with van der Waals surface area (Å²) < 4.78 is 0. The summed E-state index contributed by atoms with van der Waals surface area (Å²) >= 11 is 0. The molecule has 8 heteroatoms. The second-order valence-corrected chi connectivity index (χ2v) is 0.985. The first kappa shape index (κ1) is 11.0. The van der Waals surface area contributed by atoms with Crippen LogP contribution in [0.4, 0.5) is 4.79 Å². The third-order valence-corrected chi connectivity index (χ3v) is 0.258. The molecule has 0 saturated heterocycles. The molecular weight excluding hydrogens is 142 g/mol. The zero-order valence-corrected chi connectivity index (χ0v) is 4.87. The number of nitrogens with two attached hydrogens (primary N) is 2. The third kappa shape index (κ3) is 35.4. The van der Waals surface area contributed by atoms with Crippen LogP contribution < -0.4 is 16.8 Å². The van der Waals surface area contributed by atoms with Crippen molar-refractivity contribution in [2.75, 3.05) is 0 Å². The molecule has 0 heterocycles. The van der Waals surface area contributed by atoms with Crippen molar-refractivity contribution in [2.45, 2.75) is 0 Å². The topological polar surface area (TPSA) is 155 Å². The van der Waals surface area contributed by atoms with Gasteiger partial charge in [0.25, 0.3) is 0 Å². The van der Waals surface area contributed by atoms with Gasteiger partial charge in [0.2, 0.25) is 0 Å². The average molecular weight is 149 g/mol. The fraction of sp³-hybridized carbons (Fsp3) is 0. The molecule has 0 aliphatic carbocycles. The Morgan fingerprint density at radius 3 is 1.90 bits per heavy atom. The second kappa shape index (κ2) is 7.14. The van der Waals surface area contributed by atoms with Crippen LogP contribution in [0.3, 0.4) is 0 Å². The minimum absolute atomic E-state index is 0.437. The Morgan fingerprint density at radius 1 is 1.60 bits per heavy atom. The van der Waals surface area contributed by atoms with E-state index in [9.17, 15) is 4.79 Å². The van der Waals surface area contributed by atoms with Crippen molar-refractivity contribution in [1.82, 2.24) is 5.32 Å². The predicted molar refractivity (Wildman–Crippen MR) is 32.2 cm³/mol. The van der Waals surface area contributed by atoms with Crippen molar-refractivity contribution in [3.05, 3.63) is 4.91 Å². The Morgan fingerprint density at radius 2 is 1.90 bits per heavy atom. The van der Waals surface area contributed by atoms with Gasteiger partial charge in [-0.15, -0.1) is 4.91 Å². The first-order valence-electron chi connectivity index (χ1n) is 1.91. The first-order chi connectivity index (χ1) is 4.54. The van der Waals surface area contributed by atoms with Crippen molar-refractivity contribution < 1.29 is 10.0 Å². The number of primary amides is 1. The molecule has 0 atom stereocenters. The van der Waals surface area contributed by atoms with Gasteiger partial charge in [-0.1, -0.05) is 0 Å². The Balaban J connectivity index is 0. The average Bonchev–Trinajstić information content (AvgIpc) is 1.62. The quantitative estimate of drug-likeness (QED) is 0.125. The molecule has 0 saturated carbocycles. The lowest BCUT2D eigenvalue weighted by Gasteiger charge is -1.91. The van der Waals surface area contributed by atoms with Crippen molar-refractivity contribution in [3.63, 3.8) is 0 Å². The van der Waals surface area contributed by atoms with Gasteiger partial charge in [-0.2, -0.15) is 0 Å². The maximum absolute atomic E-state index is 9.70. The van der Waals surface area contributed by atoms with Crippen LogP contribution in [0, 0.1) is 10.3 Å². The normalized spacial score (nSPS) is 6.40. The van der Waals surface area contributed by atoms with E-state index in [2.05, 4.69) is 11.5 Å². The number of hydrogen-bond acceptors (Lipinski definition) is 4. The van der Waals surface area contributed by atoms with Gasteiger partial charge in [-0.05, 0) is 0 Å². The van der Waals surface area contributed by atoms with E-state index in [0.29, 0.717) is 0 Å². The summed E-state index contributed by atoms with van der Waals surface area (Å²) in [6.45, 7) is 0. The van der Waals surface area contributed by atoms with E-state index < -0.39 is 12.0 Å². The van der Waals surface area contributed by atoms with Crippen molar-refractivity contribution in [1.29, 1.82) is 5.41 Å². The van der Waals surface area contributed by atoms with Crippen LogP contribution in [0.5, 0.6) is 0 Å². The minimum atomic E-state index is -0.812. The van der Waals surface area contributed by atoms with Crippen LogP contribution in [0.2, 0.25) is 0 Å². The van der Waals surface area contributed by atoms with Crippen molar-refractivity contribution >= 4 is 12.0 Å². The molecule has 0 aromatic rings. The number of nitrogens with one attached hydrogen (secondary N) is 2. The molecule has 0 rings (SSSR count). The Kier molecular flexibility index (Phi) is 7.86. The summed E-state index contributed by atoms with van der Waals surface area (Å²) in [7, 11) is 0. The molecule has 0 fully saturated rings. The lowest BCUT2D eigenvalue weighted by atomic mass is 10.9. The van der Waals surface area contributed by atoms with E-state index in [1.54, 1.807) is 5.32 Å². The maximum Gasteiger partial charge on any atom is 0.318 e. The number of guanidine groups is 1. The number of hydrogen-bond donors (Lipinski definition) is 5. The minimum Gasteiger partial charge on any atom is -0.379 e. The van der Waals surface area contributed by atoms with Gasteiger partial charge >= 0.3 is 6.03 Å². The lowest BCUT2D eigenvalue weighted by molar-refractivity contribution is 0.253. The zero-order chi connectivity index (χ0) is 8.57. The molecule has 0 aliphatic rings. The van der Waals surface area contributed by atoms with Crippen molar-refractivity contribution in [3.8, 4) is 0 Å². The molecule has 0 bridgehead atoms. The van der Waals surface area contributed by atoms with E-state index in [1.807, 2.05) is 0 Å². The Bertz CT molecular complexity index is 121. The second-order valence-electron chi connectivity index (χ2n) is 0.985. The van der Waals surface area contributed by atoms with E-state index in [0.717, 1.165) is 0 Å². The molecule has 8 nitrogen and oxygen atoms in total. The highest BCUT2D eigenvalue weighted by atomic mass is 16.6. The molecule has 2 amide bonds. The van der Waals surface area contributed by atoms with Gasteiger partial charge in [0.05, 0.1) is 0 Å². The SMILES string of the molecule is N=C(N)NC(N)=O.O=NO. The fourth-order valence-corrected chi connectivity index (χ4v) is 0.133. The summed E-state index contributed by atoms with van der Waals surface area (Å²) in [6.07, 6.45) is 0. The number of urea groups is 1. The van der Waals surface area contributed by atoms with E-state index >= 15 is 0 Å². The predicted octanol–water partition coefficient (Wildman–Crippen LogP) is -1.31. The van der Waals surface area contributed by atoms with Gasteiger partial charge in [-0.3, -0.25) is 10.7 Å². The zero-order valence-electron chi connectivity index (χ0n) is 4.87. The smallest absolute Gasteiger partial charge is 0.318 e. The van der Waals surface area contributed by atoms with Gasteiger partial charge in [0.15, 0.2) is 11.3 Å². The number of carbonyl (C=O) groups excluding carboxylic acids is 1.